The van der Waals surface area contributed by atoms with E-state index in [1.165, 1.54) is 24.1 Å². The van der Waals surface area contributed by atoms with Crippen molar-refractivity contribution >= 4 is 39.5 Å². The average molecular weight is 311 g/mol. The van der Waals surface area contributed by atoms with E-state index < -0.39 is 0 Å². The van der Waals surface area contributed by atoms with Gasteiger partial charge in [-0.15, -0.1) is 23.1 Å². The summed E-state index contributed by atoms with van der Waals surface area (Å²) in [5.41, 5.74) is 1.93. The molecule has 0 radical (unpaired) electrons. The molecule has 0 amide bonds. The van der Waals surface area contributed by atoms with E-state index in [4.69, 9.17) is 12.2 Å². The Morgan fingerprint density at radius 3 is 2.89 bits per heavy atom. The first-order valence-electron chi connectivity index (χ1n) is 6.85. The van der Waals surface area contributed by atoms with Gasteiger partial charge >= 0.3 is 0 Å². The summed E-state index contributed by atoms with van der Waals surface area (Å²) in [5, 5.41) is 2.10. The number of hydrogen-bond acceptors (Lipinski definition) is 3. The normalized spacial score (nSPS) is 20.2. The van der Waals surface area contributed by atoms with Gasteiger partial charge in [0.1, 0.15) is 0 Å². The van der Waals surface area contributed by atoms with E-state index in [0.717, 1.165) is 15.9 Å². The third kappa shape index (κ3) is 4.17. The maximum Gasteiger partial charge on any atom is 0.0878 e. The van der Waals surface area contributed by atoms with Crippen molar-refractivity contribution in [2.24, 2.45) is 11.3 Å². The average Bonchev–Trinajstić information content (AvgIpc) is 2.90. The minimum atomic E-state index is 0.364. The van der Waals surface area contributed by atoms with E-state index in [1.807, 2.05) is 11.8 Å². The summed E-state index contributed by atoms with van der Waals surface area (Å²) < 4.78 is 1.06. The van der Waals surface area contributed by atoms with Crippen LogP contribution in [0.1, 0.15) is 44.9 Å². The van der Waals surface area contributed by atoms with Crippen LogP contribution in [0.5, 0.6) is 0 Å². The SMILES string of the molecule is CC1=CCC(C(C)(C)CSC(=S)c2cccs2)CC1. The van der Waals surface area contributed by atoms with Crippen LogP contribution >= 0.6 is 35.3 Å². The number of thiocarbonyl (C=S) groups is 1. The summed E-state index contributed by atoms with van der Waals surface area (Å²) in [5.74, 6) is 1.93. The highest BCUT2D eigenvalue weighted by atomic mass is 32.2. The van der Waals surface area contributed by atoms with Crippen molar-refractivity contribution in [3.8, 4) is 0 Å². The van der Waals surface area contributed by atoms with Crippen LogP contribution in [0.3, 0.4) is 0 Å². The molecule has 0 saturated carbocycles. The Morgan fingerprint density at radius 1 is 1.53 bits per heavy atom. The Balaban J connectivity index is 1.89. The lowest BCUT2D eigenvalue weighted by Gasteiger charge is -2.36. The highest BCUT2D eigenvalue weighted by Gasteiger charge is 2.30. The predicted octanol–water partition coefficient (Wildman–Crippen LogP) is 5.93. The lowest BCUT2D eigenvalue weighted by molar-refractivity contribution is 0.227. The Labute approximate surface area is 130 Å². The summed E-state index contributed by atoms with van der Waals surface area (Å²) in [7, 11) is 0. The maximum atomic E-state index is 5.52. The van der Waals surface area contributed by atoms with Crippen LogP contribution in [0.4, 0.5) is 0 Å². The van der Waals surface area contributed by atoms with Crippen LogP contribution in [0, 0.1) is 11.3 Å². The monoisotopic (exact) mass is 310 g/mol. The molecular formula is C16H22S3. The Morgan fingerprint density at radius 2 is 2.32 bits per heavy atom. The lowest BCUT2D eigenvalue weighted by Crippen LogP contribution is -2.28. The minimum absolute atomic E-state index is 0.364. The van der Waals surface area contributed by atoms with Crippen molar-refractivity contribution in [2.75, 3.05) is 5.75 Å². The molecule has 0 bridgehead atoms. The van der Waals surface area contributed by atoms with E-state index in [2.05, 4.69) is 44.4 Å². The van der Waals surface area contributed by atoms with E-state index >= 15 is 0 Å². The molecule has 1 unspecified atom stereocenters. The molecule has 1 aliphatic carbocycles. The van der Waals surface area contributed by atoms with Gasteiger partial charge in [0, 0.05) is 5.75 Å². The molecule has 19 heavy (non-hydrogen) atoms. The van der Waals surface area contributed by atoms with Gasteiger partial charge in [-0.2, -0.15) is 0 Å². The first kappa shape index (κ1) is 15.3. The third-order valence-corrected chi connectivity index (χ3v) is 7.13. The van der Waals surface area contributed by atoms with E-state index in [9.17, 15) is 0 Å². The fourth-order valence-electron chi connectivity index (χ4n) is 2.51. The Kier molecular flexibility index (Phi) is 5.27. The predicted molar refractivity (Wildman–Crippen MR) is 93.4 cm³/mol. The first-order valence-corrected chi connectivity index (χ1v) is 9.12. The van der Waals surface area contributed by atoms with E-state index in [0.29, 0.717) is 5.41 Å². The standard InChI is InChI=1S/C16H22S3/c1-12-6-8-13(9-7-12)16(2,3)11-19-15(17)14-5-4-10-18-14/h4-6,10,13H,7-9,11H2,1-3H3. The number of allylic oxidation sites excluding steroid dienone is 2. The molecular weight excluding hydrogens is 288 g/mol. The number of thioether (sulfide) groups is 1. The Hall–Kier alpha value is -0.120. The van der Waals surface area contributed by atoms with Crippen LogP contribution in [0.25, 0.3) is 0 Å². The fraction of sp³-hybridized carbons (Fsp3) is 0.562. The zero-order chi connectivity index (χ0) is 13.9. The van der Waals surface area contributed by atoms with E-state index in [-0.39, 0.29) is 0 Å². The second-order valence-electron chi connectivity index (χ2n) is 6.06. The second kappa shape index (κ2) is 6.55. The highest BCUT2D eigenvalue weighted by Crippen LogP contribution is 2.40. The van der Waals surface area contributed by atoms with Crippen LogP contribution in [-0.4, -0.2) is 9.95 Å². The van der Waals surface area contributed by atoms with Gasteiger partial charge in [0.05, 0.1) is 9.07 Å². The molecule has 0 fully saturated rings. The van der Waals surface area contributed by atoms with Crippen molar-refractivity contribution in [3.63, 3.8) is 0 Å². The first-order chi connectivity index (χ1) is 8.99. The molecule has 0 aliphatic heterocycles. The molecule has 1 heterocycles. The van der Waals surface area contributed by atoms with E-state index in [1.54, 1.807) is 16.9 Å². The van der Waals surface area contributed by atoms with Crippen molar-refractivity contribution in [1.82, 2.24) is 0 Å². The lowest BCUT2D eigenvalue weighted by atomic mass is 9.73. The minimum Gasteiger partial charge on any atom is -0.142 e. The summed E-state index contributed by atoms with van der Waals surface area (Å²) in [6.07, 6.45) is 6.28. The van der Waals surface area contributed by atoms with Gasteiger partial charge in [-0.05, 0) is 49.0 Å². The van der Waals surface area contributed by atoms with Crippen molar-refractivity contribution in [1.29, 1.82) is 0 Å². The molecule has 2 rings (SSSR count). The molecule has 0 nitrogen and oxygen atoms in total. The molecule has 0 saturated heterocycles. The summed E-state index contributed by atoms with van der Waals surface area (Å²) >= 11 is 9.13. The molecule has 1 aliphatic rings. The van der Waals surface area contributed by atoms with Crippen LogP contribution < -0.4 is 0 Å². The van der Waals surface area contributed by atoms with Gasteiger partial charge in [-0.1, -0.05) is 43.8 Å². The largest absolute Gasteiger partial charge is 0.142 e. The molecule has 104 valence electrons. The smallest absolute Gasteiger partial charge is 0.0878 e. The molecule has 1 aromatic heterocycles. The summed E-state index contributed by atoms with van der Waals surface area (Å²) in [4.78, 5) is 1.25. The molecule has 0 spiro atoms. The zero-order valence-corrected chi connectivity index (χ0v) is 14.4. The maximum absolute atomic E-state index is 5.52. The number of hydrogen-bond donors (Lipinski definition) is 0. The number of rotatable bonds is 4. The summed E-state index contributed by atoms with van der Waals surface area (Å²) in [6, 6.07) is 4.20. The van der Waals surface area contributed by atoms with Gasteiger partial charge in [0.2, 0.25) is 0 Å². The topological polar surface area (TPSA) is 0 Å². The van der Waals surface area contributed by atoms with Gasteiger partial charge in [-0.3, -0.25) is 0 Å². The molecule has 1 aromatic rings. The second-order valence-corrected chi connectivity index (χ2v) is 8.66. The van der Waals surface area contributed by atoms with Gasteiger partial charge in [-0.25, -0.2) is 0 Å². The van der Waals surface area contributed by atoms with Gasteiger partial charge < -0.3 is 0 Å². The van der Waals surface area contributed by atoms with Crippen molar-refractivity contribution in [3.05, 3.63) is 34.0 Å². The molecule has 3 heteroatoms. The molecule has 0 N–H and O–H groups in total. The van der Waals surface area contributed by atoms with Crippen molar-refractivity contribution < 1.29 is 0 Å². The molecule has 1 atom stereocenters. The van der Waals surface area contributed by atoms with Gasteiger partial charge in [0.25, 0.3) is 0 Å². The van der Waals surface area contributed by atoms with Crippen LogP contribution in [0.15, 0.2) is 29.2 Å². The quantitative estimate of drug-likeness (QED) is 0.499. The molecule has 0 aromatic carbocycles. The van der Waals surface area contributed by atoms with Crippen molar-refractivity contribution in [2.45, 2.75) is 40.0 Å². The fourth-order valence-corrected chi connectivity index (χ4v) is 4.73. The van der Waals surface area contributed by atoms with Gasteiger partial charge in [0.15, 0.2) is 0 Å². The highest BCUT2D eigenvalue weighted by molar-refractivity contribution is 8.24. The zero-order valence-electron chi connectivity index (χ0n) is 11.9. The van der Waals surface area contributed by atoms with Crippen LogP contribution in [-0.2, 0) is 0 Å². The van der Waals surface area contributed by atoms with Crippen LogP contribution in [0.2, 0.25) is 0 Å². The third-order valence-electron chi connectivity index (χ3n) is 4.04. The Bertz CT molecular complexity index is 454. The number of thiophene rings is 1. The summed E-state index contributed by atoms with van der Waals surface area (Å²) in [6.45, 7) is 7.05.